The van der Waals surface area contributed by atoms with Crippen LogP contribution in [0.25, 0.3) is 11.3 Å². The molecule has 3 heterocycles. The molecule has 220 valence electrons. The highest BCUT2D eigenvalue weighted by molar-refractivity contribution is 6.60. The van der Waals surface area contributed by atoms with Crippen LogP contribution in [0, 0.1) is 5.82 Å². The van der Waals surface area contributed by atoms with Gasteiger partial charge >= 0.3 is 0 Å². The van der Waals surface area contributed by atoms with Gasteiger partial charge in [0.05, 0.1) is 31.3 Å². The molecule has 2 amide bonds. The molecule has 0 radical (unpaired) electrons. The first-order chi connectivity index (χ1) is 20.3. The van der Waals surface area contributed by atoms with Crippen molar-refractivity contribution < 1.29 is 23.5 Å². The maximum absolute atomic E-state index is 15.1. The number of anilines is 4. The Bertz CT molecular complexity index is 1660. The number of methoxy groups -OCH3 is 2. The number of rotatable bonds is 10. The lowest BCUT2D eigenvalue weighted by molar-refractivity contribution is 0.0816. The predicted molar refractivity (Wildman–Crippen MR) is 166 cm³/mol. The molecule has 3 N–H and O–H groups in total. The molecule has 0 saturated carbocycles. The summed E-state index contributed by atoms with van der Waals surface area (Å²) in [6, 6.07) is 8.79. The summed E-state index contributed by atoms with van der Waals surface area (Å²) in [5.41, 5.74) is 1.22. The van der Waals surface area contributed by atoms with Gasteiger partial charge in [-0.1, -0.05) is 0 Å². The summed E-state index contributed by atoms with van der Waals surface area (Å²) in [4.78, 5) is 27.2. The second-order valence-electron chi connectivity index (χ2n) is 10.7. The van der Waals surface area contributed by atoms with Gasteiger partial charge < -0.3 is 30.3 Å². The first kappa shape index (κ1) is 30.8. The van der Waals surface area contributed by atoms with Gasteiger partial charge in [0.2, 0.25) is 5.88 Å². The van der Waals surface area contributed by atoms with Crippen LogP contribution >= 0.6 is 0 Å². The number of ether oxygens (including phenoxy) is 2. The zero-order chi connectivity index (χ0) is 31.5. The monoisotopic (exact) mass is 586 g/mol. The van der Waals surface area contributed by atoms with Crippen molar-refractivity contribution in [1.29, 1.82) is 0 Å². The molecule has 0 aliphatic carbocycles. The van der Waals surface area contributed by atoms with E-state index >= 15 is 4.39 Å². The third kappa shape index (κ3) is 7.20. The summed E-state index contributed by atoms with van der Waals surface area (Å²) in [6.07, 6.45) is 0. The van der Waals surface area contributed by atoms with Gasteiger partial charge in [-0.3, -0.25) is 14.3 Å². The van der Waals surface area contributed by atoms with Crippen molar-refractivity contribution in [3.8, 4) is 22.9 Å². The van der Waals surface area contributed by atoms with Crippen LogP contribution in [0.15, 0.2) is 36.4 Å². The Morgan fingerprint density at radius 3 is 2.26 bits per heavy atom. The number of nitrogens with one attached hydrogen (secondary N) is 3. The standard InChI is InChI=1S/C25H30B3FN10O4/c1-38(2)24(41)17-10-14(37-39(17)3)13-8-12(29)9-16(22(13)43-5)30-15-11-19(31-18-6-7-20(42-4)35-33-18)34-36-21(15)23(40)32-25(26,27)28/h6-11H,26-28H2,1-5H3,(H,32,40)(H2,30,31,33,34). The normalized spacial score (nSPS) is 11.0. The van der Waals surface area contributed by atoms with Crippen LogP contribution < -0.4 is 25.4 Å². The van der Waals surface area contributed by atoms with E-state index in [1.54, 1.807) is 39.3 Å². The van der Waals surface area contributed by atoms with E-state index in [0.717, 1.165) is 0 Å². The molecule has 43 heavy (non-hydrogen) atoms. The lowest BCUT2D eigenvalue weighted by Crippen LogP contribution is -2.50. The molecule has 0 fully saturated rings. The van der Waals surface area contributed by atoms with Gasteiger partial charge in [0.25, 0.3) is 11.8 Å². The Morgan fingerprint density at radius 1 is 0.930 bits per heavy atom. The van der Waals surface area contributed by atoms with Crippen molar-refractivity contribution in [3.05, 3.63) is 53.6 Å². The van der Waals surface area contributed by atoms with Crippen molar-refractivity contribution in [2.75, 3.05) is 38.9 Å². The van der Waals surface area contributed by atoms with Crippen LogP contribution in [-0.4, -0.2) is 104 Å². The molecular weight excluding hydrogens is 556 g/mol. The largest absolute Gasteiger partial charge is 0.494 e. The molecule has 0 aliphatic rings. The quantitative estimate of drug-likeness (QED) is 0.201. The zero-order valence-corrected chi connectivity index (χ0v) is 25.1. The van der Waals surface area contributed by atoms with Crippen molar-refractivity contribution in [2.45, 2.75) is 5.24 Å². The molecule has 14 nitrogen and oxygen atoms in total. The van der Waals surface area contributed by atoms with Gasteiger partial charge in [-0.2, -0.15) is 5.10 Å². The minimum absolute atomic E-state index is 0.0501. The average Bonchev–Trinajstić information content (AvgIpc) is 3.33. The van der Waals surface area contributed by atoms with Crippen LogP contribution in [0.1, 0.15) is 21.0 Å². The van der Waals surface area contributed by atoms with Crippen molar-refractivity contribution in [3.63, 3.8) is 0 Å². The number of hydrogen-bond donors (Lipinski definition) is 3. The van der Waals surface area contributed by atoms with Crippen molar-refractivity contribution in [1.82, 2.24) is 40.4 Å². The maximum atomic E-state index is 15.1. The number of aryl methyl sites for hydroxylation is 1. The molecule has 0 bridgehead atoms. The minimum Gasteiger partial charge on any atom is -0.494 e. The van der Waals surface area contributed by atoms with E-state index in [-0.39, 0.29) is 40.1 Å². The number of aromatic nitrogens is 6. The fraction of sp³-hybridized carbons (Fsp3) is 0.240. The van der Waals surface area contributed by atoms with Crippen LogP contribution in [0.3, 0.4) is 0 Å². The Hall–Kier alpha value is -5.15. The Kier molecular flexibility index (Phi) is 8.87. The fourth-order valence-corrected chi connectivity index (χ4v) is 4.01. The van der Waals surface area contributed by atoms with E-state index in [1.165, 1.54) is 42.0 Å². The minimum atomic E-state index is -0.612. The number of hydrogen-bond acceptors (Lipinski definition) is 11. The Balaban J connectivity index is 1.79. The molecule has 0 unspecified atom stereocenters. The van der Waals surface area contributed by atoms with E-state index < -0.39 is 17.0 Å². The highest BCUT2D eigenvalue weighted by atomic mass is 19.1. The topological polar surface area (TPSA) is 161 Å². The van der Waals surface area contributed by atoms with Crippen molar-refractivity contribution in [2.24, 2.45) is 7.05 Å². The third-order valence-corrected chi connectivity index (χ3v) is 5.91. The maximum Gasteiger partial charge on any atom is 0.272 e. The van der Waals surface area contributed by atoms with Gasteiger partial charge in [0.1, 0.15) is 35.0 Å². The molecule has 0 atom stereocenters. The van der Waals surface area contributed by atoms with Crippen LogP contribution in [-0.2, 0) is 7.05 Å². The molecule has 3 aromatic heterocycles. The molecule has 0 aliphatic heterocycles. The van der Waals surface area contributed by atoms with Gasteiger partial charge in [0, 0.05) is 44.9 Å². The number of amides is 2. The van der Waals surface area contributed by atoms with Crippen molar-refractivity contribution >= 4 is 58.4 Å². The summed E-state index contributed by atoms with van der Waals surface area (Å²) in [6.45, 7) is 0. The number of halogens is 1. The van der Waals surface area contributed by atoms with Crippen LogP contribution in [0.5, 0.6) is 11.6 Å². The molecule has 0 spiro atoms. The summed E-state index contributed by atoms with van der Waals surface area (Å²) in [7, 11) is 13.2. The fourth-order valence-electron chi connectivity index (χ4n) is 4.01. The highest BCUT2D eigenvalue weighted by Gasteiger charge is 2.24. The molecule has 18 heteroatoms. The molecule has 4 rings (SSSR count). The van der Waals surface area contributed by atoms with Gasteiger partial charge in [-0.25, -0.2) is 4.39 Å². The molecule has 0 saturated heterocycles. The smallest absolute Gasteiger partial charge is 0.272 e. The first-order valence-corrected chi connectivity index (χ1v) is 13.0. The number of benzene rings is 1. The number of carbonyl (C=O) groups is 2. The molecular formula is C25H30B3FN10O4. The number of nitrogens with zero attached hydrogens (tertiary/aromatic N) is 7. The molecule has 4 aromatic rings. The van der Waals surface area contributed by atoms with Gasteiger partial charge in [0.15, 0.2) is 23.1 Å². The average molecular weight is 586 g/mol. The summed E-state index contributed by atoms with van der Waals surface area (Å²) in [5, 5.41) is 29.0. The lowest BCUT2D eigenvalue weighted by atomic mass is 9.49. The van der Waals surface area contributed by atoms with Gasteiger partial charge in [-0.15, -0.1) is 20.4 Å². The van der Waals surface area contributed by atoms with E-state index in [0.29, 0.717) is 23.1 Å². The third-order valence-electron chi connectivity index (χ3n) is 5.91. The lowest BCUT2D eigenvalue weighted by Gasteiger charge is -2.22. The predicted octanol–water partition coefficient (Wildman–Crippen LogP) is -0.747. The first-order valence-electron chi connectivity index (χ1n) is 13.0. The van der Waals surface area contributed by atoms with Crippen LogP contribution in [0.2, 0.25) is 0 Å². The SMILES string of the molecule is BC(B)(B)NC(=O)c1nnc(Nc2ccc(OC)nn2)cc1Nc1cc(F)cc(-c2cc(C(=O)N(C)C)n(C)n2)c1OC. The summed E-state index contributed by atoms with van der Waals surface area (Å²) in [5.74, 6) is -0.275. The van der Waals surface area contributed by atoms with E-state index in [1.807, 2.05) is 23.5 Å². The van der Waals surface area contributed by atoms with E-state index in [9.17, 15) is 9.59 Å². The second-order valence-corrected chi connectivity index (χ2v) is 10.7. The van der Waals surface area contributed by atoms with E-state index in [4.69, 9.17) is 9.47 Å². The summed E-state index contributed by atoms with van der Waals surface area (Å²) >= 11 is 0. The Labute approximate surface area is 250 Å². The zero-order valence-electron chi connectivity index (χ0n) is 25.1. The second kappa shape index (κ2) is 12.4. The van der Waals surface area contributed by atoms with Gasteiger partial charge in [-0.05, 0) is 23.4 Å². The number of carbonyl (C=O) groups excluding carboxylic acids is 2. The van der Waals surface area contributed by atoms with Crippen LogP contribution in [0.4, 0.5) is 27.4 Å². The molecule has 1 aromatic carbocycles. The summed E-state index contributed by atoms with van der Waals surface area (Å²) < 4.78 is 27.2. The van der Waals surface area contributed by atoms with E-state index in [2.05, 4.69) is 41.4 Å². The Morgan fingerprint density at radius 2 is 1.65 bits per heavy atom. The highest BCUT2D eigenvalue weighted by Crippen LogP contribution is 2.39.